The summed E-state index contributed by atoms with van der Waals surface area (Å²) in [6.45, 7) is 9.38. The summed E-state index contributed by atoms with van der Waals surface area (Å²) in [5.41, 5.74) is -0.739. The lowest BCUT2D eigenvalue weighted by molar-refractivity contribution is -0.148. The molecule has 1 fully saturated rings. The lowest BCUT2D eigenvalue weighted by Crippen LogP contribution is -2.53. The van der Waals surface area contributed by atoms with Crippen molar-refractivity contribution in [2.45, 2.75) is 78.2 Å². The number of carbonyl (C=O) groups is 5. The number of amides is 3. The van der Waals surface area contributed by atoms with Crippen LogP contribution in [0.5, 0.6) is 0 Å². The van der Waals surface area contributed by atoms with Crippen LogP contribution in [0.4, 0.5) is 4.79 Å². The molecule has 3 amide bonds. The van der Waals surface area contributed by atoms with Gasteiger partial charge in [-0.2, -0.15) is 0 Å². The van der Waals surface area contributed by atoms with E-state index in [1.54, 1.807) is 27.7 Å². The fourth-order valence-electron chi connectivity index (χ4n) is 3.52. The average Bonchev–Trinajstić information content (AvgIpc) is 3.24. The van der Waals surface area contributed by atoms with Gasteiger partial charge in [0.1, 0.15) is 23.8 Å². The van der Waals surface area contributed by atoms with Crippen LogP contribution < -0.4 is 10.6 Å². The van der Waals surface area contributed by atoms with Crippen LogP contribution in [0.2, 0.25) is 0 Å². The first-order chi connectivity index (χ1) is 17.2. The molecule has 0 radical (unpaired) electrons. The van der Waals surface area contributed by atoms with Crippen molar-refractivity contribution in [3.05, 3.63) is 36.4 Å². The standard InChI is InChI=1S/C20H33N3O8.C6H6/c1-7-11(2)16(22-19(29)31-20(4,5)6)17(26)21-9-15(25)23-10-13(30-12(3)24)8-14(23)18(27)28;1-2-4-6-5-3-1/h11,13-14,16H,7-10H2,1-6H3,(H,21,26)(H,22,29)(H,27,28);1-6H/t11-,13+,14-,16-;/m0./s1. The fourth-order valence-corrected chi connectivity index (χ4v) is 3.52. The molecule has 2 rings (SSSR count). The van der Waals surface area contributed by atoms with Crippen LogP contribution in [0, 0.1) is 5.92 Å². The number of aliphatic carboxylic acids is 1. The maximum absolute atomic E-state index is 12.7. The number of carbonyl (C=O) groups excluding carboxylic acids is 4. The molecule has 0 aromatic heterocycles. The molecule has 0 saturated carbocycles. The normalized spacial score (nSPS) is 18.4. The van der Waals surface area contributed by atoms with Gasteiger partial charge in [-0.1, -0.05) is 56.7 Å². The molecular formula is C26H39N3O8. The third kappa shape index (κ3) is 11.8. The molecule has 1 aliphatic rings. The van der Waals surface area contributed by atoms with Crippen LogP contribution in [0.15, 0.2) is 36.4 Å². The maximum Gasteiger partial charge on any atom is 0.408 e. The van der Waals surface area contributed by atoms with E-state index in [0.717, 1.165) is 4.90 Å². The molecule has 0 spiro atoms. The SMILES string of the molecule is CC[C@H](C)[C@H](NC(=O)OC(C)(C)C)C(=O)NCC(=O)N1C[C@H](OC(C)=O)C[C@H]1C(=O)O.c1ccccc1. The van der Waals surface area contributed by atoms with Gasteiger partial charge in [0.2, 0.25) is 11.8 Å². The quantitative estimate of drug-likeness (QED) is 0.441. The van der Waals surface area contributed by atoms with Crippen molar-refractivity contribution in [1.82, 2.24) is 15.5 Å². The Hall–Kier alpha value is -3.63. The van der Waals surface area contributed by atoms with E-state index in [9.17, 15) is 29.1 Å². The van der Waals surface area contributed by atoms with Gasteiger partial charge in [0.25, 0.3) is 0 Å². The summed E-state index contributed by atoms with van der Waals surface area (Å²) >= 11 is 0. The Labute approximate surface area is 217 Å². The third-order valence-electron chi connectivity index (χ3n) is 5.45. The summed E-state index contributed by atoms with van der Waals surface area (Å²) in [6, 6.07) is 9.91. The first kappa shape index (κ1) is 31.4. The highest BCUT2D eigenvalue weighted by Crippen LogP contribution is 2.21. The zero-order valence-electron chi connectivity index (χ0n) is 22.4. The van der Waals surface area contributed by atoms with E-state index in [4.69, 9.17) is 9.47 Å². The molecule has 206 valence electrons. The minimum Gasteiger partial charge on any atom is -0.480 e. The molecule has 0 unspecified atom stereocenters. The van der Waals surface area contributed by atoms with Crippen LogP contribution in [-0.2, 0) is 28.7 Å². The molecule has 37 heavy (non-hydrogen) atoms. The fraction of sp³-hybridized carbons (Fsp3) is 0.577. The van der Waals surface area contributed by atoms with Gasteiger partial charge < -0.3 is 30.1 Å². The zero-order chi connectivity index (χ0) is 28.2. The van der Waals surface area contributed by atoms with Crippen molar-refractivity contribution in [1.29, 1.82) is 0 Å². The van der Waals surface area contributed by atoms with E-state index in [1.807, 2.05) is 43.3 Å². The van der Waals surface area contributed by atoms with Crippen molar-refractivity contribution in [3.63, 3.8) is 0 Å². The Morgan fingerprint density at radius 2 is 1.59 bits per heavy atom. The number of esters is 1. The Morgan fingerprint density at radius 3 is 2.03 bits per heavy atom. The molecule has 11 heteroatoms. The molecule has 1 aliphatic heterocycles. The highest BCUT2D eigenvalue weighted by Gasteiger charge is 2.41. The van der Waals surface area contributed by atoms with Gasteiger partial charge in [0.15, 0.2) is 0 Å². The zero-order valence-corrected chi connectivity index (χ0v) is 22.4. The van der Waals surface area contributed by atoms with Crippen LogP contribution in [0.3, 0.4) is 0 Å². The molecule has 0 aliphatic carbocycles. The second-order valence-electron chi connectivity index (χ2n) is 9.75. The highest BCUT2D eigenvalue weighted by atomic mass is 16.6. The van der Waals surface area contributed by atoms with Gasteiger partial charge in [-0.05, 0) is 26.7 Å². The summed E-state index contributed by atoms with van der Waals surface area (Å²) in [5, 5.41) is 14.3. The van der Waals surface area contributed by atoms with E-state index in [2.05, 4.69) is 10.6 Å². The van der Waals surface area contributed by atoms with E-state index >= 15 is 0 Å². The summed E-state index contributed by atoms with van der Waals surface area (Å²) in [5.74, 6) is -3.25. The van der Waals surface area contributed by atoms with Crippen molar-refractivity contribution < 1.29 is 38.6 Å². The average molecular weight is 522 g/mol. The van der Waals surface area contributed by atoms with Crippen LogP contribution in [-0.4, -0.2) is 76.7 Å². The maximum atomic E-state index is 12.7. The molecular weight excluding hydrogens is 482 g/mol. The smallest absolute Gasteiger partial charge is 0.408 e. The third-order valence-corrected chi connectivity index (χ3v) is 5.45. The molecule has 3 N–H and O–H groups in total. The minimum atomic E-state index is -1.22. The first-order valence-corrected chi connectivity index (χ1v) is 12.2. The van der Waals surface area contributed by atoms with E-state index in [1.165, 1.54) is 6.92 Å². The van der Waals surface area contributed by atoms with Crippen LogP contribution >= 0.6 is 0 Å². The first-order valence-electron chi connectivity index (χ1n) is 12.2. The lowest BCUT2D eigenvalue weighted by Gasteiger charge is -2.27. The van der Waals surface area contributed by atoms with Gasteiger partial charge in [0, 0.05) is 13.3 Å². The molecule has 1 saturated heterocycles. The molecule has 1 aromatic carbocycles. The van der Waals surface area contributed by atoms with Crippen LogP contribution in [0.1, 0.15) is 54.4 Å². The number of nitrogens with one attached hydrogen (secondary N) is 2. The van der Waals surface area contributed by atoms with Crippen LogP contribution in [0.25, 0.3) is 0 Å². The predicted octanol–water partition coefficient (Wildman–Crippen LogP) is 2.35. The predicted molar refractivity (Wildman–Crippen MR) is 135 cm³/mol. The number of carboxylic acids is 1. The lowest BCUT2D eigenvalue weighted by atomic mass is 9.98. The van der Waals surface area contributed by atoms with Crippen molar-refractivity contribution >= 4 is 29.8 Å². The number of nitrogens with zero attached hydrogens (tertiary/aromatic N) is 1. The molecule has 1 heterocycles. The number of ether oxygens (including phenoxy) is 2. The Balaban J connectivity index is 0.000000992. The Morgan fingerprint density at radius 1 is 1.05 bits per heavy atom. The van der Waals surface area contributed by atoms with Gasteiger partial charge in [-0.3, -0.25) is 14.4 Å². The van der Waals surface area contributed by atoms with Crippen molar-refractivity contribution in [2.24, 2.45) is 5.92 Å². The monoisotopic (exact) mass is 521 g/mol. The van der Waals surface area contributed by atoms with Crippen molar-refractivity contribution in [2.75, 3.05) is 13.1 Å². The second kappa shape index (κ2) is 14.8. The second-order valence-corrected chi connectivity index (χ2v) is 9.75. The molecule has 11 nitrogen and oxygen atoms in total. The van der Waals surface area contributed by atoms with Gasteiger partial charge >= 0.3 is 18.0 Å². The molecule has 0 bridgehead atoms. The van der Waals surface area contributed by atoms with Crippen molar-refractivity contribution in [3.8, 4) is 0 Å². The molecule has 1 aromatic rings. The number of rotatable bonds is 8. The minimum absolute atomic E-state index is 0.0235. The topological polar surface area (TPSA) is 151 Å². The number of hydrogen-bond donors (Lipinski definition) is 3. The van der Waals surface area contributed by atoms with E-state index in [-0.39, 0.29) is 18.9 Å². The highest BCUT2D eigenvalue weighted by molar-refractivity contribution is 5.91. The number of alkyl carbamates (subject to hydrolysis) is 1. The van der Waals surface area contributed by atoms with E-state index in [0.29, 0.717) is 6.42 Å². The molecule has 4 atom stereocenters. The number of benzene rings is 1. The Bertz CT molecular complexity index is 889. The van der Waals surface area contributed by atoms with Gasteiger partial charge in [-0.15, -0.1) is 0 Å². The summed E-state index contributed by atoms with van der Waals surface area (Å²) < 4.78 is 10.2. The van der Waals surface area contributed by atoms with Gasteiger partial charge in [0.05, 0.1) is 13.1 Å². The largest absolute Gasteiger partial charge is 0.480 e. The number of hydrogen-bond acceptors (Lipinski definition) is 7. The Kier molecular flexibility index (Phi) is 12.6. The number of carboxylic acid groups (broad SMARTS) is 1. The summed E-state index contributed by atoms with van der Waals surface area (Å²) in [4.78, 5) is 61.0. The number of likely N-dealkylation sites (tertiary alicyclic amines) is 1. The summed E-state index contributed by atoms with van der Waals surface area (Å²) in [7, 11) is 0. The van der Waals surface area contributed by atoms with Gasteiger partial charge in [-0.25, -0.2) is 9.59 Å². The summed E-state index contributed by atoms with van der Waals surface area (Å²) in [6.07, 6.45) is -0.919. The van der Waals surface area contributed by atoms with E-state index < -0.39 is 60.2 Å².